The van der Waals surface area contributed by atoms with Crippen molar-refractivity contribution in [2.75, 3.05) is 0 Å². The van der Waals surface area contributed by atoms with Gasteiger partial charge in [0.05, 0.1) is 5.69 Å². The summed E-state index contributed by atoms with van der Waals surface area (Å²) in [5, 5.41) is 4.09. The van der Waals surface area contributed by atoms with Crippen molar-refractivity contribution in [3.05, 3.63) is 97.2 Å². The molecule has 0 N–H and O–H groups in total. The summed E-state index contributed by atoms with van der Waals surface area (Å²) >= 11 is 0. The molecule has 0 aliphatic carbocycles. The largest absolute Gasteiger partial charge is 0.256 e. The first-order valence-electron chi connectivity index (χ1n) is 7.67. The highest BCUT2D eigenvalue weighted by atomic mass is 31.1. The number of aromatic nitrogens is 1. The molecule has 0 bridgehead atoms. The van der Waals surface area contributed by atoms with Crippen LogP contribution in [0.4, 0.5) is 0 Å². The summed E-state index contributed by atoms with van der Waals surface area (Å²) < 4.78 is 0. The monoisotopic (exact) mass is 313 g/mol. The summed E-state index contributed by atoms with van der Waals surface area (Å²) in [7, 11) is -0.560. The van der Waals surface area contributed by atoms with Crippen LogP contribution in [-0.2, 0) is 0 Å². The Balaban J connectivity index is 1.97. The SMILES string of the molecule is c1ccc(-c2ccc(-c3ccccn3)p2-c2ccccc2)cc1. The second kappa shape index (κ2) is 6.24. The molecule has 0 radical (unpaired) electrons. The Hall–Kier alpha value is -2.63. The van der Waals surface area contributed by atoms with Crippen molar-refractivity contribution in [2.24, 2.45) is 0 Å². The molecule has 2 heteroatoms. The van der Waals surface area contributed by atoms with Crippen LogP contribution in [0.25, 0.3) is 27.2 Å². The Morgan fingerprint density at radius 2 is 1.22 bits per heavy atom. The highest BCUT2D eigenvalue weighted by molar-refractivity contribution is 7.63. The molecule has 4 aromatic rings. The average molecular weight is 313 g/mol. The molecular weight excluding hydrogens is 297 g/mol. The van der Waals surface area contributed by atoms with Crippen LogP contribution in [0.5, 0.6) is 0 Å². The van der Waals surface area contributed by atoms with E-state index >= 15 is 0 Å². The molecule has 0 aliphatic heterocycles. The number of rotatable bonds is 3. The van der Waals surface area contributed by atoms with Crippen molar-refractivity contribution >= 4 is 7.53 Å². The fraction of sp³-hybridized carbons (Fsp3) is 0. The molecule has 110 valence electrons. The normalized spacial score (nSPS) is 11.4. The Kier molecular flexibility index (Phi) is 3.80. The number of hydrogen-bond donors (Lipinski definition) is 0. The summed E-state index contributed by atoms with van der Waals surface area (Å²) in [6.07, 6.45) is 1.87. The third-order valence-corrected chi connectivity index (χ3v) is 6.46. The lowest BCUT2D eigenvalue weighted by Crippen LogP contribution is -1.78. The maximum atomic E-state index is 4.58. The lowest BCUT2D eigenvalue weighted by Gasteiger charge is -2.10. The van der Waals surface area contributed by atoms with Crippen molar-refractivity contribution in [1.29, 1.82) is 0 Å². The van der Waals surface area contributed by atoms with E-state index in [9.17, 15) is 0 Å². The van der Waals surface area contributed by atoms with Crippen molar-refractivity contribution in [3.8, 4) is 27.2 Å². The molecule has 0 amide bonds. The van der Waals surface area contributed by atoms with Crippen LogP contribution in [0.3, 0.4) is 0 Å². The summed E-state index contributed by atoms with van der Waals surface area (Å²) in [5.41, 5.74) is 2.37. The molecule has 1 atom stereocenters. The third-order valence-electron chi connectivity index (χ3n) is 3.89. The summed E-state index contributed by atoms with van der Waals surface area (Å²) in [5.74, 6) is 0. The average Bonchev–Trinajstić information content (AvgIpc) is 3.09. The smallest absolute Gasteiger partial charge is 0.0745 e. The quantitative estimate of drug-likeness (QED) is 0.427. The first kappa shape index (κ1) is 14.0. The van der Waals surface area contributed by atoms with Gasteiger partial charge in [0, 0.05) is 16.8 Å². The standard InChI is InChI=1S/C21H16NP/c1-3-9-17(10-4-1)20-14-15-21(19-13-7-8-16-22-19)23(20)18-11-5-2-6-12-18/h1-16H. The minimum absolute atomic E-state index is 0.560. The minimum atomic E-state index is -0.560. The molecule has 2 aromatic heterocycles. The predicted octanol–water partition coefficient (Wildman–Crippen LogP) is 6.39. The molecule has 0 fully saturated rings. The van der Waals surface area contributed by atoms with E-state index in [1.54, 1.807) is 0 Å². The van der Waals surface area contributed by atoms with Gasteiger partial charge in [-0.2, -0.15) is 0 Å². The first-order valence-corrected chi connectivity index (χ1v) is 9.01. The predicted molar refractivity (Wildman–Crippen MR) is 99.2 cm³/mol. The van der Waals surface area contributed by atoms with Crippen molar-refractivity contribution in [2.45, 2.75) is 0 Å². The molecule has 0 spiro atoms. The lowest BCUT2D eigenvalue weighted by atomic mass is 10.2. The second-order valence-corrected chi connectivity index (χ2v) is 7.51. The van der Waals surface area contributed by atoms with Crippen molar-refractivity contribution in [1.82, 2.24) is 4.98 Å². The molecule has 4 rings (SSSR count). The van der Waals surface area contributed by atoms with Gasteiger partial charge in [-0.3, -0.25) is 4.98 Å². The van der Waals surface area contributed by atoms with E-state index in [-0.39, 0.29) is 0 Å². The highest BCUT2D eigenvalue weighted by Crippen LogP contribution is 2.56. The first-order chi connectivity index (χ1) is 11.4. The summed E-state index contributed by atoms with van der Waals surface area (Å²) in [6.45, 7) is 0. The Morgan fingerprint density at radius 3 is 1.91 bits per heavy atom. The zero-order valence-electron chi connectivity index (χ0n) is 12.6. The lowest BCUT2D eigenvalue weighted by molar-refractivity contribution is 1.34. The van der Waals surface area contributed by atoms with Gasteiger partial charge in [-0.05, 0) is 35.1 Å². The second-order valence-electron chi connectivity index (χ2n) is 5.36. The molecular formula is C21H16NP. The fourth-order valence-electron chi connectivity index (χ4n) is 2.84. The van der Waals surface area contributed by atoms with Crippen LogP contribution >= 0.6 is 7.53 Å². The van der Waals surface area contributed by atoms with Crippen LogP contribution in [0.15, 0.2) is 97.2 Å². The Labute approximate surface area is 137 Å². The molecule has 23 heavy (non-hydrogen) atoms. The van der Waals surface area contributed by atoms with Gasteiger partial charge in [0.15, 0.2) is 0 Å². The van der Waals surface area contributed by atoms with Crippen LogP contribution < -0.4 is 0 Å². The topological polar surface area (TPSA) is 12.9 Å². The zero-order valence-corrected chi connectivity index (χ0v) is 13.5. The van der Waals surface area contributed by atoms with Gasteiger partial charge in [0.2, 0.25) is 0 Å². The molecule has 2 heterocycles. The van der Waals surface area contributed by atoms with E-state index in [1.165, 1.54) is 21.5 Å². The van der Waals surface area contributed by atoms with E-state index in [0.29, 0.717) is 0 Å². The molecule has 0 saturated heterocycles. The van der Waals surface area contributed by atoms with Gasteiger partial charge >= 0.3 is 0 Å². The van der Waals surface area contributed by atoms with Gasteiger partial charge in [0.25, 0.3) is 0 Å². The number of hydrogen-bond acceptors (Lipinski definition) is 1. The Morgan fingerprint density at radius 1 is 0.565 bits per heavy atom. The molecule has 1 unspecified atom stereocenters. The summed E-state index contributed by atoms with van der Waals surface area (Å²) in [4.78, 5) is 4.58. The number of pyridine rings is 1. The van der Waals surface area contributed by atoms with Crippen LogP contribution in [0, 0.1) is 0 Å². The molecule has 1 nitrogen and oxygen atoms in total. The summed E-state index contributed by atoms with van der Waals surface area (Å²) in [6, 6.07) is 32.1. The maximum absolute atomic E-state index is 4.58. The van der Waals surface area contributed by atoms with E-state index in [0.717, 1.165) is 5.69 Å². The minimum Gasteiger partial charge on any atom is -0.256 e. The van der Waals surface area contributed by atoms with E-state index in [1.807, 2.05) is 12.3 Å². The third kappa shape index (κ3) is 2.72. The highest BCUT2D eigenvalue weighted by Gasteiger charge is 2.15. The molecule has 0 saturated carbocycles. The Bertz CT molecular complexity index is 840. The fourth-order valence-corrected chi connectivity index (χ4v) is 5.34. The van der Waals surface area contributed by atoms with Crippen LogP contribution in [-0.4, -0.2) is 4.98 Å². The van der Waals surface area contributed by atoms with Gasteiger partial charge in [-0.25, -0.2) is 0 Å². The van der Waals surface area contributed by atoms with Gasteiger partial charge < -0.3 is 0 Å². The van der Waals surface area contributed by atoms with Gasteiger partial charge in [0.1, 0.15) is 0 Å². The number of benzene rings is 2. The molecule has 0 aliphatic rings. The zero-order chi connectivity index (χ0) is 15.5. The number of nitrogens with zero attached hydrogens (tertiary/aromatic N) is 1. The van der Waals surface area contributed by atoms with Crippen LogP contribution in [0.1, 0.15) is 0 Å². The van der Waals surface area contributed by atoms with Crippen molar-refractivity contribution in [3.63, 3.8) is 0 Å². The molecule has 2 aromatic carbocycles. The van der Waals surface area contributed by atoms with E-state index in [2.05, 4.69) is 89.9 Å². The van der Waals surface area contributed by atoms with Crippen molar-refractivity contribution < 1.29 is 0 Å². The van der Waals surface area contributed by atoms with Gasteiger partial charge in [-0.1, -0.05) is 74.3 Å². The van der Waals surface area contributed by atoms with Crippen LogP contribution in [0.2, 0.25) is 0 Å². The van der Waals surface area contributed by atoms with Gasteiger partial charge in [-0.15, -0.1) is 0 Å². The van der Waals surface area contributed by atoms with E-state index in [4.69, 9.17) is 0 Å². The maximum Gasteiger partial charge on any atom is 0.0745 e. The van der Waals surface area contributed by atoms with E-state index < -0.39 is 7.53 Å².